The number of carbonyl (C=O) groups is 1. The van der Waals surface area contributed by atoms with Crippen molar-refractivity contribution in [2.45, 2.75) is 50.6 Å². The molecule has 1 aromatic carbocycles. The largest absolute Gasteiger partial charge is 0.304 e. The van der Waals surface area contributed by atoms with Crippen LogP contribution in [0.1, 0.15) is 48.9 Å². The number of benzene rings is 1. The van der Waals surface area contributed by atoms with Gasteiger partial charge >= 0.3 is 0 Å². The first-order valence-electron chi connectivity index (χ1n) is 7.41. The summed E-state index contributed by atoms with van der Waals surface area (Å²) in [7, 11) is 0. The molecular formula is C16H19Cl2NO. The summed E-state index contributed by atoms with van der Waals surface area (Å²) < 4.78 is 0. The standard InChI is InChI=1S/C16H19Cl2NO/c17-12-6-3-5-11(15(12)18)16(20)14-9-8-10-4-1-2-7-13(10)19-14/h3,5-6,10,13-14,19H,1-2,4,7-9H2. The number of halogens is 2. The van der Waals surface area contributed by atoms with E-state index in [0.29, 0.717) is 21.7 Å². The van der Waals surface area contributed by atoms with E-state index in [1.54, 1.807) is 18.2 Å². The molecule has 0 radical (unpaired) electrons. The first-order valence-corrected chi connectivity index (χ1v) is 8.16. The van der Waals surface area contributed by atoms with Gasteiger partial charge in [0.05, 0.1) is 16.1 Å². The van der Waals surface area contributed by atoms with Gasteiger partial charge in [0, 0.05) is 11.6 Å². The fraction of sp³-hybridized carbons (Fsp3) is 0.562. The Labute approximate surface area is 129 Å². The second kappa shape index (κ2) is 6.05. The molecule has 108 valence electrons. The molecule has 0 bridgehead atoms. The van der Waals surface area contributed by atoms with Gasteiger partial charge < -0.3 is 5.32 Å². The van der Waals surface area contributed by atoms with Gasteiger partial charge in [-0.05, 0) is 43.7 Å². The van der Waals surface area contributed by atoms with Crippen molar-refractivity contribution in [1.29, 1.82) is 0 Å². The van der Waals surface area contributed by atoms with Crippen LogP contribution < -0.4 is 5.32 Å². The average molecular weight is 312 g/mol. The SMILES string of the molecule is O=C(c1cccc(Cl)c1Cl)C1CCC2CCCCC2N1. The van der Waals surface area contributed by atoms with Gasteiger partial charge in [0.2, 0.25) is 0 Å². The summed E-state index contributed by atoms with van der Waals surface area (Å²) in [5.41, 5.74) is 0.547. The predicted molar refractivity (Wildman–Crippen MR) is 82.7 cm³/mol. The fourth-order valence-corrected chi connectivity index (χ4v) is 3.98. The molecule has 4 heteroatoms. The molecule has 1 aliphatic heterocycles. The zero-order valence-electron chi connectivity index (χ0n) is 11.4. The number of Topliss-reactive ketones (excluding diaryl/α,β-unsaturated/α-hetero) is 1. The van der Waals surface area contributed by atoms with Gasteiger partial charge in [0.1, 0.15) is 0 Å². The number of piperidine rings is 1. The van der Waals surface area contributed by atoms with Gasteiger partial charge in [0.15, 0.2) is 5.78 Å². The topological polar surface area (TPSA) is 29.1 Å². The highest BCUT2D eigenvalue weighted by Crippen LogP contribution is 2.34. The number of fused-ring (bicyclic) bond motifs is 1. The molecule has 1 heterocycles. The molecule has 1 saturated carbocycles. The third-order valence-electron chi connectivity index (χ3n) is 4.68. The number of ketones is 1. The highest BCUT2D eigenvalue weighted by molar-refractivity contribution is 6.44. The quantitative estimate of drug-likeness (QED) is 0.815. The van der Waals surface area contributed by atoms with E-state index in [9.17, 15) is 4.79 Å². The van der Waals surface area contributed by atoms with Crippen molar-refractivity contribution >= 4 is 29.0 Å². The second-order valence-electron chi connectivity index (χ2n) is 5.91. The number of carbonyl (C=O) groups excluding carboxylic acids is 1. The second-order valence-corrected chi connectivity index (χ2v) is 6.70. The van der Waals surface area contributed by atoms with Crippen LogP contribution in [0.25, 0.3) is 0 Å². The van der Waals surface area contributed by atoms with Crippen LogP contribution in [0.3, 0.4) is 0 Å². The fourth-order valence-electron chi connectivity index (χ4n) is 3.58. The molecule has 0 aromatic heterocycles. The minimum Gasteiger partial charge on any atom is -0.304 e. The molecule has 2 nitrogen and oxygen atoms in total. The lowest BCUT2D eigenvalue weighted by Crippen LogP contribution is -2.52. The minimum absolute atomic E-state index is 0.0847. The first kappa shape index (κ1) is 14.4. The van der Waals surface area contributed by atoms with Crippen LogP contribution >= 0.6 is 23.2 Å². The van der Waals surface area contributed by atoms with Crippen molar-refractivity contribution in [3.63, 3.8) is 0 Å². The van der Waals surface area contributed by atoms with Crippen molar-refractivity contribution in [2.75, 3.05) is 0 Å². The Bertz CT molecular complexity index is 517. The van der Waals surface area contributed by atoms with Gasteiger partial charge in [0.25, 0.3) is 0 Å². The molecule has 2 aliphatic rings. The number of rotatable bonds is 2. The zero-order chi connectivity index (χ0) is 14.1. The molecule has 1 saturated heterocycles. The van der Waals surface area contributed by atoms with Gasteiger partial charge in [-0.2, -0.15) is 0 Å². The maximum absolute atomic E-state index is 12.6. The smallest absolute Gasteiger partial charge is 0.181 e. The Kier molecular flexibility index (Phi) is 4.34. The van der Waals surface area contributed by atoms with Crippen molar-refractivity contribution in [1.82, 2.24) is 5.32 Å². The van der Waals surface area contributed by atoms with E-state index >= 15 is 0 Å². The Hall–Kier alpha value is -0.570. The monoisotopic (exact) mass is 311 g/mol. The van der Waals surface area contributed by atoms with Gasteiger partial charge in [-0.3, -0.25) is 4.79 Å². The molecule has 3 atom stereocenters. The van der Waals surface area contributed by atoms with E-state index in [1.807, 2.05) is 0 Å². The van der Waals surface area contributed by atoms with Crippen LogP contribution in [-0.4, -0.2) is 17.9 Å². The molecule has 1 aliphatic carbocycles. The average Bonchev–Trinajstić information content (AvgIpc) is 2.49. The maximum atomic E-state index is 12.6. The Morgan fingerprint density at radius 2 is 1.90 bits per heavy atom. The van der Waals surface area contributed by atoms with Gasteiger partial charge in [-0.1, -0.05) is 42.1 Å². The van der Waals surface area contributed by atoms with Crippen LogP contribution in [0, 0.1) is 5.92 Å². The van der Waals surface area contributed by atoms with E-state index in [0.717, 1.165) is 18.8 Å². The summed E-state index contributed by atoms with van der Waals surface area (Å²) in [6.45, 7) is 0. The van der Waals surface area contributed by atoms with E-state index in [2.05, 4.69) is 5.32 Å². The van der Waals surface area contributed by atoms with Crippen LogP contribution in [0.5, 0.6) is 0 Å². The van der Waals surface area contributed by atoms with Crippen molar-refractivity contribution in [2.24, 2.45) is 5.92 Å². The Morgan fingerprint density at radius 3 is 2.75 bits per heavy atom. The predicted octanol–water partition coefficient (Wildman–Crippen LogP) is 4.49. The molecule has 1 N–H and O–H groups in total. The molecule has 0 amide bonds. The van der Waals surface area contributed by atoms with Crippen LogP contribution in [0.15, 0.2) is 18.2 Å². The molecule has 3 rings (SSSR count). The lowest BCUT2D eigenvalue weighted by molar-refractivity contribution is 0.0861. The highest BCUT2D eigenvalue weighted by Gasteiger charge is 2.35. The van der Waals surface area contributed by atoms with Crippen molar-refractivity contribution in [3.8, 4) is 0 Å². The summed E-state index contributed by atoms with van der Waals surface area (Å²) in [6.07, 6.45) is 7.15. The number of hydrogen-bond acceptors (Lipinski definition) is 2. The van der Waals surface area contributed by atoms with E-state index in [4.69, 9.17) is 23.2 Å². The lowest BCUT2D eigenvalue weighted by atomic mass is 9.77. The van der Waals surface area contributed by atoms with Crippen LogP contribution in [-0.2, 0) is 0 Å². The van der Waals surface area contributed by atoms with Gasteiger partial charge in [-0.25, -0.2) is 0 Å². The highest BCUT2D eigenvalue weighted by atomic mass is 35.5. The summed E-state index contributed by atoms with van der Waals surface area (Å²) in [5, 5.41) is 4.38. The van der Waals surface area contributed by atoms with E-state index in [-0.39, 0.29) is 11.8 Å². The summed E-state index contributed by atoms with van der Waals surface area (Å²) in [5.74, 6) is 0.837. The van der Waals surface area contributed by atoms with E-state index < -0.39 is 0 Å². The lowest BCUT2D eigenvalue weighted by Gasteiger charge is -2.40. The van der Waals surface area contributed by atoms with Crippen molar-refractivity contribution < 1.29 is 4.79 Å². The molecule has 3 unspecified atom stereocenters. The van der Waals surface area contributed by atoms with Crippen molar-refractivity contribution in [3.05, 3.63) is 33.8 Å². The Morgan fingerprint density at radius 1 is 1.10 bits per heavy atom. The molecule has 1 aromatic rings. The normalized spacial score (nSPS) is 29.8. The molecular weight excluding hydrogens is 293 g/mol. The number of hydrogen-bond donors (Lipinski definition) is 1. The van der Waals surface area contributed by atoms with Crippen LogP contribution in [0.2, 0.25) is 10.0 Å². The zero-order valence-corrected chi connectivity index (χ0v) is 12.9. The first-order chi connectivity index (χ1) is 9.66. The summed E-state index contributed by atoms with van der Waals surface area (Å²) >= 11 is 12.2. The maximum Gasteiger partial charge on any atom is 0.181 e. The molecule has 2 fully saturated rings. The Balaban J connectivity index is 1.76. The third-order valence-corrected chi connectivity index (χ3v) is 5.50. The summed E-state index contributed by atoms with van der Waals surface area (Å²) in [4.78, 5) is 12.6. The van der Waals surface area contributed by atoms with E-state index in [1.165, 1.54) is 25.7 Å². The number of nitrogens with one attached hydrogen (secondary N) is 1. The minimum atomic E-state index is -0.106. The van der Waals surface area contributed by atoms with Gasteiger partial charge in [-0.15, -0.1) is 0 Å². The summed E-state index contributed by atoms with van der Waals surface area (Å²) in [6, 6.07) is 5.67. The third kappa shape index (κ3) is 2.74. The van der Waals surface area contributed by atoms with Crippen LogP contribution in [0.4, 0.5) is 0 Å². The molecule has 20 heavy (non-hydrogen) atoms. The molecule has 0 spiro atoms.